The minimum absolute atomic E-state index is 0.293. The van der Waals surface area contributed by atoms with Crippen molar-refractivity contribution in [1.29, 1.82) is 0 Å². The van der Waals surface area contributed by atoms with Gasteiger partial charge >= 0.3 is 5.97 Å². The lowest BCUT2D eigenvalue weighted by atomic mass is 10.2. The first-order valence-electron chi connectivity index (χ1n) is 6.74. The third-order valence-corrected chi connectivity index (χ3v) is 3.34. The molecule has 0 spiro atoms. The topological polar surface area (TPSA) is 53.7 Å². The zero-order valence-electron chi connectivity index (χ0n) is 10.7. The van der Waals surface area contributed by atoms with Gasteiger partial charge in [0.15, 0.2) is 0 Å². The Morgan fingerprint density at radius 2 is 2.22 bits per heavy atom. The fraction of sp³-hybridized carbons (Fsp3) is 0.643. The van der Waals surface area contributed by atoms with Crippen molar-refractivity contribution in [3.63, 3.8) is 0 Å². The summed E-state index contributed by atoms with van der Waals surface area (Å²) in [6.45, 7) is 1.93. The fourth-order valence-corrected chi connectivity index (χ4v) is 2.20. The van der Waals surface area contributed by atoms with Crippen molar-refractivity contribution < 1.29 is 14.3 Å². The Kier molecular flexibility index (Phi) is 4.81. The van der Waals surface area contributed by atoms with Crippen molar-refractivity contribution in [2.24, 2.45) is 0 Å². The Balaban J connectivity index is 1.65. The van der Waals surface area contributed by atoms with Gasteiger partial charge in [0.2, 0.25) is 0 Å². The summed E-state index contributed by atoms with van der Waals surface area (Å²) in [7, 11) is 0. The highest BCUT2D eigenvalue weighted by Crippen LogP contribution is 2.28. The lowest BCUT2D eigenvalue weighted by Gasteiger charge is -2.20. The number of rotatable bonds is 9. The van der Waals surface area contributed by atoms with E-state index in [9.17, 15) is 4.79 Å². The predicted octanol–water partition coefficient (Wildman–Crippen LogP) is 2.89. The zero-order chi connectivity index (χ0) is 12.8. The van der Waals surface area contributed by atoms with Crippen LogP contribution >= 0.6 is 0 Å². The van der Waals surface area contributed by atoms with E-state index in [-0.39, 0.29) is 0 Å². The average Bonchev–Trinajstić information content (AvgIpc) is 3.05. The van der Waals surface area contributed by atoms with E-state index in [0.29, 0.717) is 6.42 Å². The SMILES string of the molecule is O=C(O)CCCCCN(Cc1ccco1)C1CC1. The third-order valence-electron chi connectivity index (χ3n) is 3.34. The lowest BCUT2D eigenvalue weighted by Crippen LogP contribution is -2.26. The molecule has 0 unspecified atom stereocenters. The molecule has 2 rings (SSSR count). The maximum atomic E-state index is 10.4. The first kappa shape index (κ1) is 13.1. The van der Waals surface area contributed by atoms with Crippen LogP contribution in [0.2, 0.25) is 0 Å². The lowest BCUT2D eigenvalue weighted by molar-refractivity contribution is -0.137. The van der Waals surface area contributed by atoms with Gasteiger partial charge in [0.05, 0.1) is 12.8 Å². The molecule has 1 heterocycles. The molecule has 0 aliphatic heterocycles. The van der Waals surface area contributed by atoms with E-state index in [2.05, 4.69) is 4.90 Å². The standard InChI is InChI=1S/C14H21NO3/c16-14(17)6-2-1-3-9-15(12-7-8-12)11-13-5-4-10-18-13/h4-5,10,12H,1-3,6-9,11H2,(H,16,17). The maximum absolute atomic E-state index is 10.4. The van der Waals surface area contributed by atoms with Crippen LogP contribution in [0.25, 0.3) is 0 Å². The number of unbranched alkanes of at least 4 members (excludes halogenated alkanes) is 2. The molecule has 0 aromatic carbocycles. The molecule has 100 valence electrons. The van der Waals surface area contributed by atoms with Crippen LogP contribution in [-0.4, -0.2) is 28.6 Å². The third kappa shape index (κ3) is 4.53. The predicted molar refractivity (Wildman–Crippen MR) is 68.2 cm³/mol. The summed E-state index contributed by atoms with van der Waals surface area (Å²) < 4.78 is 5.38. The van der Waals surface area contributed by atoms with Crippen molar-refractivity contribution in [3.05, 3.63) is 24.2 Å². The molecule has 1 N–H and O–H groups in total. The summed E-state index contributed by atoms with van der Waals surface area (Å²) in [5.41, 5.74) is 0. The van der Waals surface area contributed by atoms with Gasteiger partial charge in [-0.1, -0.05) is 6.42 Å². The summed E-state index contributed by atoms with van der Waals surface area (Å²) in [5.74, 6) is 0.331. The molecule has 0 bridgehead atoms. The van der Waals surface area contributed by atoms with E-state index in [1.54, 1.807) is 6.26 Å². The number of furan rings is 1. The maximum Gasteiger partial charge on any atom is 0.303 e. The highest BCUT2D eigenvalue weighted by molar-refractivity contribution is 5.66. The van der Waals surface area contributed by atoms with Crippen molar-refractivity contribution in [2.45, 2.75) is 51.1 Å². The highest BCUT2D eigenvalue weighted by atomic mass is 16.4. The first-order chi connectivity index (χ1) is 8.75. The molecule has 1 aliphatic carbocycles. The molecule has 1 aromatic heterocycles. The average molecular weight is 251 g/mol. The second kappa shape index (κ2) is 6.59. The summed E-state index contributed by atoms with van der Waals surface area (Å²) >= 11 is 0. The molecule has 4 nitrogen and oxygen atoms in total. The zero-order valence-corrected chi connectivity index (χ0v) is 10.7. The number of hydrogen-bond donors (Lipinski definition) is 1. The summed E-state index contributed by atoms with van der Waals surface area (Å²) in [5, 5.41) is 8.57. The Morgan fingerprint density at radius 1 is 1.39 bits per heavy atom. The summed E-state index contributed by atoms with van der Waals surface area (Å²) in [6, 6.07) is 4.65. The van der Waals surface area contributed by atoms with E-state index in [4.69, 9.17) is 9.52 Å². The fourth-order valence-electron chi connectivity index (χ4n) is 2.20. The Morgan fingerprint density at radius 3 is 2.83 bits per heavy atom. The van der Waals surface area contributed by atoms with Crippen molar-refractivity contribution in [1.82, 2.24) is 4.90 Å². The smallest absolute Gasteiger partial charge is 0.303 e. The molecule has 1 aromatic rings. The molecule has 0 amide bonds. The van der Waals surface area contributed by atoms with Crippen LogP contribution in [-0.2, 0) is 11.3 Å². The molecule has 0 atom stereocenters. The van der Waals surface area contributed by atoms with Gasteiger partial charge in [-0.2, -0.15) is 0 Å². The van der Waals surface area contributed by atoms with Crippen molar-refractivity contribution in [3.8, 4) is 0 Å². The van der Waals surface area contributed by atoms with Gasteiger partial charge in [-0.05, 0) is 44.4 Å². The van der Waals surface area contributed by atoms with Gasteiger partial charge in [0, 0.05) is 12.5 Å². The minimum atomic E-state index is -0.690. The van der Waals surface area contributed by atoms with E-state index >= 15 is 0 Å². The van der Waals surface area contributed by atoms with Gasteiger partial charge in [-0.3, -0.25) is 9.69 Å². The second-order valence-electron chi connectivity index (χ2n) is 4.99. The van der Waals surface area contributed by atoms with E-state index < -0.39 is 5.97 Å². The van der Waals surface area contributed by atoms with E-state index in [1.807, 2.05) is 12.1 Å². The molecule has 1 fully saturated rings. The molecular weight excluding hydrogens is 230 g/mol. The number of hydrogen-bond acceptors (Lipinski definition) is 3. The minimum Gasteiger partial charge on any atom is -0.481 e. The van der Waals surface area contributed by atoms with E-state index in [1.165, 1.54) is 12.8 Å². The van der Waals surface area contributed by atoms with Crippen LogP contribution in [0.3, 0.4) is 0 Å². The van der Waals surface area contributed by atoms with Crippen LogP contribution in [0.1, 0.15) is 44.3 Å². The number of aliphatic carboxylic acids is 1. The summed E-state index contributed by atoms with van der Waals surface area (Å²) in [6.07, 6.45) is 7.44. The van der Waals surface area contributed by atoms with Crippen LogP contribution in [0.4, 0.5) is 0 Å². The molecule has 0 saturated heterocycles. The quantitative estimate of drug-likeness (QED) is 0.686. The number of nitrogens with zero attached hydrogens (tertiary/aromatic N) is 1. The van der Waals surface area contributed by atoms with Gasteiger partial charge < -0.3 is 9.52 Å². The largest absolute Gasteiger partial charge is 0.481 e. The Labute approximate surface area is 108 Å². The number of carbonyl (C=O) groups is 1. The number of carboxylic acid groups (broad SMARTS) is 1. The molecule has 1 saturated carbocycles. The molecule has 0 radical (unpaired) electrons. The summed E-state index contributed by atoms with van der Waals surface area (Å²) in [4.78, 5) is 12.9. The van der Waals surface area contributed by atoms with Crippen LogP contribution in [0, 0.1) is 0 Å². The molecule has 1 aliphatic rings. The second-order valence-corrected chi connectivity index (χ2v) is 4.99. The highest BCUT2D eigenvalue weighted by Gasteiger charge is 2.28. The normalized spacial score (nSPS) is 15.2. The van der Waals surface area contributed by atoms with Gasteiger partial charge in [-0.15, -0.1) is 0 Å². The van der Waals surface area contributed by atoms with Crippen molar-refractivity contribution in [2.75, 3.05) is 6.54 Å². The molecule has 18 heavy (non-hydrogen) atoms. The van der Waals surface area contributed by atoms with Gasteiger partial charge in [0.1, 0.15) is 5.76 Å². The number of carboxylic acids is 1. The van der Waals surface area contributed by atoms with E-state index in [0.717, 1.165) is 44.2 Å². The van der Waals surface area contributed by atoms with Crippen LogP contribution in [0.5, 0.6) is 0 Å². The van der Waals surface area contributed by atoms with Gasteiger partial charge in [-0.25, -0.2) is 0 Å². The van der Waals surface area contributed by atoms with Gasteiger partial charge in [0.25, 0.3) is 0 Å². The van der Waals surface area contributed by atoms with Crippen molar-refractivity contribution >= 4 is 5.97 Å². The molecule has 4 heteroatoms. The Bertz CT molecular complexity index is 357. The Hall–Kier alpha value is -1.29. The van der Waals surface area contributed by atoms with Crippen LogP contribution < -0.4 is 0 Å². The monoisotopic (exact) mass is 251 g/mol. The van der Waals surface area contributed by atoms with Crippen LogP contribution in [0.15, 0.2) is 22.8 Å². The first-order valence-corrected chi connectivity index (χ1v) is 6.74. The molecular formula is C14H21NO3.